The second-order valence-electron chi connectivity index (χ2n) is 6.48. The first-order valence-corrected chi connectivity index (χ1v) is 7.22. The first-order chi connectivity index (χ1) is 8.28. The van der Waals surface area contributed by atoms with Gasteiger partial charge in [0.05, 0.1) is 0 Å². The molecule has 17 heavy (non-hydrogen) atoms. The van der Waals surface area contributed by atoms with Gasteiger partial charge in [0.15, 0.2) is 0 Å². The number of nitrogens with two attached hydrogens (primary N) is 1. The largest absolute Gasteiger partial charge is 0.351 e. The van der Waals surface area contributed by atoms with E-state index in [9.17, 15) is 0 Å². The summed E-state index contributed by atoms with van der Waals surface area (Å²) in [6.45, 7) is 1.28. The average molecular weight is 230 g/mol. The molecule has 2 heteroatoms. The van der Waals surface area contributed by atoms with Crippen molar-refractivity contribution >= 4 is 0 Å². The van der Waals surface area contributed by atoms with Crippen molar-refractivity contribution in [3.63, 3.8) is 0 Å². The van der Waals surface area contributed by atoms with Gasteiger partial charge in [-0.15, -0.1) is 0 Å². The fourth-order valence-corrected chi connectivity index (χ4v) is 3.83. The Morgan fingerprint density at radius 1 is 1.29 bits per heavy atom. The van der Waals surface area contributed by atoms with Gasteiger partial charge >= 0.3 is 0 Å². The highest BCUT2D eigenvalue weighted by molar-refractivity contribution is 5.28. The fourth-order valence-electron chi connectivity index (χ4n) is 3.83. The van der Waals surface area contributed by atoms with E-state index in [1.807, 2.05) is 0 Å². The van der Waals surface area contributed by atoms with Crippen LogP contribution < -0.4 is 5.73 Å². The summed E-state index contributed by atoms with van der Waals surface area (Å²) in [5.74, 6) is 1.05. The predicted octanol–water partition coefficient (Wildman–Crippen LogP) is 3.01. The summed E-state index contributed by atoms with van der Waals surface area (Å²) in [4.78, 5) is 0. The standard InChI is InChI=1S/C15H22N2/c16-13-2-1-3-14-12(13)6-9-17(14)10-15(7-8-15)11-4-5-11/h6,9,11,13H,1-5,7-8,10,16H2. The maximum Gasteiger partial charge on any atom is 0.0312 e. The lowest BCUT2D eigenvalue weighted by Gasteiger charge is -2.23. The lowest BCUT2D eigenvalue weighted by atomic mass is 9.93. The summed E-state index contributed by atoms with van der Waals surface area (Å²) in [5.41, 5.74) is 9.89. The first-order valence-electron chi connectivity index (χ1n) is 7.22. The number of rotatable bonds is 3. The van der Waals surface area contributed by atoms with Crippen molar-refractivity contribution in [2.45, 2.75) is 57.5 Å². The molecule has 0 spiro atoms. The van der Waals surface area contributed by atoms with E-state index in [0.29, 0.717) is 11.5 Å². The van der Waals surface area contributed by atoms with Crippen molar-refractivity contribution in [2.75, 3.05) is 0 Å². The summed E-state index contributed by atoms with van der Waals surface area (Å²) in [5, 5.41) is 0. The van der Waals surface area contributed by atoms with Crippen LogP contribution in [0.1, 0.15) is 55.8 Å². The van der Waals surface area contributed by atoms with Gasteiger partial charge in [-0.25, -0.2) is 0 Å². The van der Waals surface area contributed by atoms with Crippen LogP contribution in [0.3, 0.4) is 0 Å². The van der Waals surface area contributed by atoms with E-state index in [0.717, 1.165) is 5.92 Å². The van der Waals surface area contributed by atoms with Gasteiger partial charge in [0.2, 0.25) is 0 Å². The monoisotopic (exact) mass is 230 g/mol. The van der Waals surface area contributed by atoms with Crippen LogP contribution in [-0.4, -0.2) is 4.57 Å². The maximum absolute atomic E-state index is 6.20. The molecule has 1 atom stereocenters. The molecular formula is C15H22N2. The normalized spacial score (nSPS) is 30.1. The molecule has 1 aromatic heterocycles. The van der Waals surface area contributed by atoms with Crippen molar-refractivity contribution in [2.24, 2.45) is 17.1 Å². The lowest BCUT2D eigenvalue weighted by molar-refractivity contribution is 0.361. The van der Waals surface area contributed by atoms with Gasteiger partial charge in [-0.05, 0) is 67.9 Å². The molecule has 1 aromatic rings. The zero-order valence-electron chi connectivity index (χ0n) is 10.5. The third kappa shape index (κ3) is 1.57. The minimum absolute atomic E-state index is 0.302. The molecule has 2 saturated carbocycles. The quantitative estimate of drug-likeness (QED) is 0.850. The second-order valence-corrected chi connectivity index (χ2v) is 6.48. The van der Waals surface area contributed by atoms with Crippen molar-refractivity contribution < 1.29 is 0 Å². The maximum atomic E-state index is 6.20. The minimum atomic E-state index is 0.302. The van der Waals surface area contributed by atoms with Gasteiger partial charge in [0.25, 0.3) is 0 Å². The van der Waals surface area contributed by atoms with Gasteiger partial charge in [0.1, 0.15) is 0 Å². The van der Waals surface area contributed by atoms with Gasteiger partial charge in [0, 0.05) is 24.5 Å². The third-order valence-corrected chi connectivity index (χ3v) is 5.26. The smallest absolute Gasteiger partial charge is 0.0312 e. The van der Waals surface area contributed by atoms with Crippen LogP contribution in [0.5, 0.6) is 0 Å². The molecule has 0 bridgehead atoms. The van der Waals surface area contributed by atoms with Crippen LogP contribution in [0, 0.1) is 11.3 Å². The van der Waals surface area contributed by atoms with Gasteiger partial charge < -0.3 is 10.3 Å². The third-order valence-electron chi connectivity index (χ3n) is 5.26. The molecule has 2 fully saturated rings. The highest BCUT2D eigenvalue weighted by atomic mass is 15.0. The van der Waals surface area contributed by atoms with E-state index in [2.05, 4.69) is 16.8 Å². The topological polar surface area (TPSA) is 30.9 Å². The van der Waals surface area contributed by atoms with Crippen LogP contribution >= 0.6 is 0 Å². The summed E-state index contributed by atoms with van der Waals surface area (Å²) >= 11 is 0. The van der Waals surface area contributed by atoms with Crippen LogP contribution in [0.25, 0.3) is 0 Å². The minimum Gasteiger partial charge on any atom is -0.351 e. The predicted molar refractivity (Wildman–Crippen MR) is 68.7 cm³/mol. The van der Waals surface area contributed by atoms with E-state index in [1.54, 1.807) is 5.69 Å². The Morgan fingerprint density at radius 3 is 2.82 bits per heavy atom. The van der Waals surface area contributed by atoms with Gasteiger partial charge in [-0.1, -0.05) is 0 Å². The summed E-state index contributed by atoms with van der Waals surface area (Å²) in [7, 11) is 0. The molecule has 2 nitrogen and oxygen atoms in total. The van der Waals surface area contributed by atoms with Crippen LogP contribution in [0.2, 0.25) is 0 Å². The molecule has 0 aliphatic heterocycles. The van der Waals surface area contributed by atoms with Crippen molar-refractivity contribution in [3.05, 3.63) is 23.5 Å². The number of nitrogens with zero attached hydrogens (tertiary/aromatic N) is 1. The molecule has 4 rings (SSSR count). The summed E-state index contributed by atoms with van der Waals surface area (Å²) in [6.07, 6.45) is 11.9. The zero-order valence-corrected chi connectivity index (χ0v) is 10.5. The first kappa shape index (κ1) is 10.2. The molecule has 0 aromatic carbocycles. The Hall–Kier alpha value is -0.760. The fraction of sp³-hybridized carbons (Fsp3) is 0.733. The highest BCUT2D eigenvalue weighted by Crippen LogP contribution is 2.62. The van der Waals surface area contributed by atoms with E-state index in [4.69, 9.17) is 5.73 Å². The van der Waals surface area contributed by atoms with Gasteiger partial charge in [-0.3, -0.25) is 0 Å². The summed E-state index contributed by atoms with van der Waals surface area (Å²) in [6, 6.07) is 2.58. The Labute approximate surface area is 103 Å². The van der Waals surface area contributed by atoms with E-state index in [-0.39, 0.29) is 0 Å². The molecule has 1 unspecified atom stereocenters. The molecule has 0 saturated heterocycles. The van der Waals surface area contributed by atoms with Crippen molar-refractivity contribution in [1.29, 1.82) is 0 Å². The van der Waals surface area contributed by atoms with Crippen LogP contribution in [0.15, 0.2) is 12.3 Å². The molecule has 3 aliphatic rings. The number of fused-ring (bicyclic) bond motifs is 1. The lowest BCUT2D eigenvalue weighted by Crippen LogP contribution is -2.20. The zero-order chi connectivity index (χ0) is 11.5. The molecule has 0 radical (unpaired) electrons. The molecule has 0 amide bonds. The molecule has 1 heterocycles. The van der Waals surface area contributed by atoms with E-state index >= 15 is 0 Å². The molecule has 92 valence electrons. The molecule has 2 N–H and O–H groups in total. The number of hydrogen-bond acceptors (Lipinski definition) is 1. The Kier molecular flexibility index (Phi) is 2.03. The van der Waals surface area contributed by atoms with Crippen molar-refractivity contribution in [1.82, 2.24) is 4.57 Å². The van der Waals surface area contributed by atoms with Crippen LogP contribution in [0.4, 0.5) is 0 Å². The number of hydrogen-bond donors (Lipinski definition) is 1. The summed E-state index contributed by atoms with van der Waals surface area (Å²) < 4.78 is 2.54. The second kappa shape index (κ2) is 3.38. The highest BCUT2D eigenvalue weighted by Gasteiger charge is 2.53. The molecular weight excluding hydrogens is 208 g/mol. The van der Waals surface area contributed by atoms with E-state index < -0.39 is 0 Å². The van der Waals surface area contributed by atoms with Crippen molar-refractivity contribution in [3.8, 4) is 0 Å². The number of aromatic nitrogens is 1. The SMILES string of the molecule is NC1CCCc2c1ccn2CC1(C2CC2)CC1. The Balaban J connectivity index is 1.62. The Bertz CT molecular complexity index is 438. The van der Waals surface area contributed by atoms with E-state index in [1.165, 1.54) is 57.1 Å². The average Bonchev–Trinajstić information content (AvgIpc) is 3.20. The Morgan fingerprint density at radius 2 is 2.12 bits per heavy atom. The van der Waals surface area contributed by atoms with Gasteiger partial charge in [-0.2, -0.15) is 0 Å². The molecule has 3 aliphatic carbocycles. The van der Waals surface area contributed by atoms with Crippen LogP contribution in [-0.2, 0) is 13.0 Å².